The lowest BCUT2D eigenvalue weighted by Crippen LogP contribution is -2.14. The zero-order valence-electron chi connectivity index (χ0n) is 18.6. The molecule has 6 heteroatoms. The lowest BCUT2D eigenvalue weighted by Gasteiger charge is -2.23. The molecule has 0 amide bonds. The number of para-hydroxylation sites is 2. The predicted molar refractivity (Wildman–Crippen MR) is 134 cm³/mol. The maximum Gasteiger partial charge on any atom is 0.210 e. The molecule has 34 heavy (non-hydrogen) atoms. The van der Waals surface area contributed by atoms with E-state index < -0.39 is 9.84 Å². The standard InChI is InChI=1S/C28H23NO4S/c1-32-24-17-15-20(18-25(24)33-19-21-8-3-2-4-9-21)14-16-22-10-7-13-27-28(22)29-23-11-5-6-12-26(23)34(27,30)31/h2-18,29H,19H2,1H3/b16-14+. The molecule has 5 rings (SSSR count). The van der Waals surface area contributed by atoms with Crippen molar-refractivity contribution in [2.24, 2.45) is 0 Å². The number of hydrogen-bond donors (Lipinski definition) is 1. The second-order valence-electron chi connectivity index (χ2n) is 7.86. The van der Waals surface area contributed by atoms with Gasteiger partial charge in [0.2, 0.25) is 9.84 Å². The molecular formula is C28H23NO4S. The summed E-state index contributed by atoms with van der Waals surface area (Å²) in [4.78, 5) is 0.564. The molecule has 0 spiro atoms. The number of hydrogen-bond acceptors (Lipinski definition) is 5. The van der Waals surface area contributed by atoms with Gasteiger partial charge in [0.1, 0.15) is 6.61 Å². The Morgan fingerprint density at radius 1 is 0.794 bits per heavy atom. The minimum Gasteiger partial charge on any atom is -0.493 e. The van der Waals surface area contributed by atoms with Crippen molar-refractivity contribution in [3.8, 4) is 11.5 Å². The van der Waals surface area contributed by atoms with Gasteiger partial charge in [-0.15, -0.1) is 0 Å². The van der Waals surface area contributed by atoms with Crippen molar-refractivity contribution in [1.82, 2.24) is 0 Å². The monoisotopic (exact) mass is 469 g/mol. The Bertz CT molecular complexity index is 1480. The maximum absolute atomic E-state index is 13.1. The van der Waals surface area contributed by atoms with Crippen LogP contribution in [-0.2, 0) is 16.4 Å². The van der Waals surface area contributed by atoms with Gasteiger partial charge in [-0.1, -0.05) is 72.8 Å². The number of rotatable bonds is 6. The lowest BCUT2D eigenvalue weighted by molar-refractivity contribution is 0.284. The summed E-state index contributed by atoms with van der Waals surface area (Å²) in [6.07, 6.45) is 3.83. The van der Waals surface area contributed by atoms with E-state index in [1.165, 1.54) is 0 Å². The van der Waals surface area contributed by atoms with Crippen LogP contribution in [0.15, 0.2) is 101 Å². The van der Waals surface area contributed by atoms with Crippen molar-refractivity contribution >= 4 is 33.4 Å². The van der Waals surface area contributed by atoms with Gasteiger partial charge in [0.25, 0.3) is 0 Å². The van der Waals surface area contributed by atoms with E-state index in [2.05, 4.69) is 5.32 Å². The minimum absolute atomic E-state index is 0.273. The molecule has 0 aromatic heterocycles. The Morgan fingerprint density at radius 2 is 1.56 bits per heavy atom. The Kier molecular flexibility index (Phi) is 5.82. The molecule has 1 aliphatic heterocycles. The minimum atomic E-state index is -3.59. The van der Waals surface area contributed by atoms with Crippen LogP contribution in [0, 0.1) is 0 Å². The largest absolute Gasteiger partial charge is 0.493 e. The highest BCUT2D eigenvalue weighted by molar-refractivity contribution is 7.92. The number of ether oxygens (including phenoxy) is 2. The first kappa shape index (κ1) is 21.8. The first-order valence-electron chi connectivity index (χ1n) is 10.8. The van der Waals surface area contributed by atoms with Gasteiger partial charge < -0.3 is 14.8 Å². The molecule has 4 aromatic rings. The summed E-state index contributed by atoms with van der Waals surface area (Å²) in [5, 5.41) is 3.29. The van der Waals surface area contributed by atoms with Crippen LogP contribution >= 0.6 is 0 Å². The van der Waals surface area contributed by atoms with E-state index in [1.54, 1.807) is 37.4 Å². The van der Waals surface area contributed by atoms with Gasteiger partial charge in [0, 0.05) is 0 Å². The molecule has 1 aliphatic rings. The van der Waals surface area contributed by atoms with E-state index in [0.717, 1.165) is 16.7 Å². The van der Waals surface area contributed by atoms with Crippen LogP contribution in [0.3, 0.4) is 0 Å². The maximum atomic E-state index is 13.1. The Morgan fingerprint density at radius 3 is 2.38 bits per heavy atom. The number of fused-ring (bicyclic) bond motifs is 2. The SMILES string of the molecule is COc1ccc(/C=C/c2cccc3c2Nc2ccccc2S3(=O)=O)cc1OCc1ccccc1. The van der Waals surface area contributed by atoms with Crippen LogP contribution in [0.1, 0.15) is 16.7 Å². The van der Waals surface area contributed by atoms with Crippen molar-refractivity contribution < 1.29 is 17.9 Å². The summed E-state index contributed by atoms with van der Waals surface area (Å²) >= 11 is 0. The van der Waals surface area contributed by atoms with Gasteiger partial charge >= 0.3 is 0 Å². The molecule has 1 N–H and O–H groups in total. The number of methoxy groups -OCH3 is 1. The molecule has 1 heterocycles. The summed E-state index contributed by atoms with van der Waals surface area (Å²) in [5.41, 5.74) is 3.90. The third-order valence-electron chi connectivity index (χ3n) is 5.66. The number of sulfone groups is 1. The number of benzene rings is 4. The number of anilines is 2. The predicted octanol–water partition coefficient (Wildman–Crippen LogP) is 6.33. The van der Waals surface area contributed by atoms with Gasteiger partial charge in [-0.3, -0.25) is 0 Å². The zero-order chi connectivity index (χ0) is 23.5. The van der Waals surface area contributed by atoms with Crippen molar-refractivity contribution in [2.45, 2.75) is 16.4 Å². The average molecular weight is 470 g/mol. The van der Waals surface area contributed by atoms with Crippen molar-refractivity contribution in [3.05, 3.63) is 108 Å². The molecule has 0 saturated carbocycles. The van der Waals surface area contributed by atoms with E-state index in [9.17, 15) is 8.42 Å². The second kappa shape index (κ2) is 9.08. The van der Waals surface area contributed by atoms with Crippen LogP contribution < -0.4 is 14.8 Å². The van der Waals surface area contributed by atoms with Gasteiger partial charge in [-0.05, 0) is 47.0 Å². The zero-order valence-corrected chi connectivity index (χ0v) is 19.4. The summed E-state index contributed by atoms with van der Waals surface area (Å²) < 4.78 is 37.7. The highest BCUT2D eigenvalue weighted by atomic mass is 32.2. The van der Waals surface area contributed by atoms with E-state index >= 15 is 0 Å². The summed E-state index contributed by atoms with van der Waals surface area (Å²) in [5.74, 6) is 1.28. The molecule has 0 bridgehead atoms. The Labute approximate surface area is 199 Å². The highest BCUT2D eigenvalue weighted by Crippen LogP contribution is 2.41. The Hall–Kier alpha value is -4.03. The van der Waals surface area contributed by atoms with Crippen LogP contribution in [-0.4, -0.2) is 15.5 Å². The van der Waals surface area contributed by atoms with Gasteiger partial charge in [0.15, 0.2) is 11.5 Å². The van der Waals surface area contributed by atoms with Gasteiger partial charge in [-0.2, -0.15) is 0 Å². The summed E-state index contributed by atoms with van der Waals surface area (Å²) in [6, 6.07) is 27.9. The smallest absolute Gasteiger partial charge is 0.210 e. The lowest BCUT2D eigenvalue weighted by atomic mass is 10.1. The molecule has 0 unspecified atom stereocenters. The first-order valence-corrected chi connectivity index (χ1v) is 12.3. The van der Waals surface area contributed by atoms with Crippen molar-refractivity contribution in [1.29, 1.82) is 0 Å². The molecule has 0 fully saturated rings. The van der Waals surface area contributed by atoms with Crippen LogP contribution in [0.25, 0.3) is 12.2 Å². The first-order chi connectivity index (χ1) is 16.6. The molecular weight excluding hydrogens is 446 g/mol. The van der Waals surface area contributed by atoms with E-state index in [4.69, 9.17) is 9.47 Å². The average Bonchev–Trinajstić information content (AvgIpc) is 2.87. The highest BCUT2D eigenvalue weighted by Gasteiger charge is 2.30. The van der Waals surface area contributed by atoms with E-state index in [-0.39, 0.29) is 4.90 Å². The summed E-state index contributed by atoms with van der Waals surface area (Å²) in [7, 11) is -1.98. The number of nitrogens with one attached hydrogen (secondary N) is 1. The van der Waals surface area contributed by atoms with Crippen molar-refractivity contribution in [2.75, 3.05) is 12.4 Å². The fourth-order valence-electron chi connectivity index (χ4n) is 3.93. The summed E-state index contributed by atoms with van der Waals surface area (Å²) in [6.45, 7) is 0.428. The molecule has 0 saturated heterocycles. The molecule has 0 radical (unpaired) electrons. The normalized spacial score (nSPS) is 13.6. The van der Waals surface area contributed by atoms with E-state index in [0.29, 0.717) is 34.4 Å². The fraction of sp³-hybridized carbons (Fsp3) is 0.0714. The quantitative estimate of drug-likeness (QED) is 0.294. The molecule has 5 nitrogen and oxygen atoms in total. The Balaban J connectivity index is 1.45. The molecule has 0 aliphatic carbocycles. The molecule has 170 valence electrons. The topological polar surface area (TPSA) is 64.6 Å². The third-order valence-corrected chi connectivity index (χ3v) is 7.52. The van der Waals surface area contributed by atoms with Crippen LogP contribution in [0.2, 0.25) is 0 Å². The fourth-order valence-corrected chi connectivity index (χ4v) is 5.53. The second-order valence-corrected chi connectivity index (χ2v) is 9.75. The van der Waals surface area contributed by atoms with Gasteiger partial charge in [-0.25, -0.2) is 8.42 Å². The third kappa shape index (κ3) is 4.16. The van der Waals surface area contributed by atoms with Crippen LogP contribution in [0.4, 0.5) is 11.4 Å². The van der Waals surface area contributed by atoms with Gasteiger partial charge in [0.05, 0.1) is 28.3 Å². The van der Waals surface area contributed by atoms with E-state index in [1.807, 2.05) is 72.8 Å². The molecule has 4 aromatic carbocycles. The van der Waals surface area contributed by atoms with Crippen LogP contribution in [0.5, 0.6) is 11.5 Å². The molecule has 0 atom stereocenters. The van der Waals surface area contributed by atoms with Crippen molar-refractivity contribution in [3.63, 3.8) is 0 Å².